The van der Waals surface area contributed by atoms with Crippen molar-refractivity contribution in [2.75, 3.05) is 7.11 Å². The summed E-state index contributed by atoms with van der Waals surface area (Å²) in [5.41, 5.74) is 0.736. The average molecular weight is 550 g/mol. The van der Waals surface area contributed by atoms with Crippen LogP contribution in [-0.4, -0.2) is 47.2 Å². The fourth-order valence-electron chi connectivity index (χ4n) is 4.63. The molecule has 1 amide bonds. The van der Waals surface area contributed by atoms with E-state index in [1.54, 1.807) is 71.9 Å². The van der Waals surface area contributed by atoms with E-state index < -0.39 is 46.2 Å². The van der Waals surface area contributed by atoms with E-state index in [4.69, 9.17) is 9.47 Å². The molecule has 212 valence electrons. The number of nitro benzene ring substituents is 1. The van der Waals surface area contributed by atoms with Crippen LogP contribution in [0.5, 0.6) is 0 Å². The maximum absolute atomic E-state index is 14.2. The van der Waals surface area contributed by atoms with Gasteiger partial charge in [-0.25, -0.2) is 4.79 Å². The summed E-state index contributed by atoms with van der Waals surface area (Å²) in [5.74, 6) is -4.27. The number of nitro groups is 1. The van der Waals surface area contributed by atoms with Gasteiger partial charge in [0.25, 0.3) is 11.6 Å². The number of amides is 1. The number of rotatable bonds is 8. The van der Waals surface area contributed by atoms with Crippen molar-refractivity contribution >= 4 is 34.9 Å². The first kappa shape index (κ1) is 30.2. The fourth-order valence-corrected chi connectivity index (χ4v) is 4.63. The van der Waals surface area contributed by atoms with E-state index in [1.807, 2.05) is 6.07 Å². The highest BCUT2D eigenvalue weighted by Crippen LogP contribution is 2.43. The number of ether oxygens (including phenoxy) is 2. The Kier molecular flexibility index (Phi) is 9.24. The van der Waals surface area contributed by atoms with Crippen LogP contribution in [0.4, 0.5) is 5.69 Å². The number of hydrogen-bond donors (Lipinski definition) is 1. The van der Waals surface area contributed by atoms with Crippen molar-refractivity contribution in [2.24, 2.45) is 16.8 Å². The zero-order chi connectivity index (χ0) is 29.8. The summed E-state index contributed by atoms with van der Waals surface area (Å²) in [6.07, 6.45) is 0. The summed E-state index contributed by atoms with van der Waals surface area (Å²) in [7, 11) is 1.23. The number of esters is 2. The van der Waals surface area contributed by atoms with E-state index in [9.17, 15) is 24.5 Å². The normalized spacial score (nSPS) is 18.1. The summed E-state index contributed by atoms with van der Waals surface area (Å²) in [5, 5.41) is 14.4. The van der Waals surface area contributed by atoms with E-state index in [-0.39, 0.29) is 17.2 Å². The van der Waals surface area contributed by atoms with E-state index in [2.05, 4.69) is 10.3 Å². The van der Waals surface area contributed by atoms with Crippen molar-refractivity contribution in [3.8, 4) is 0 Å². The molecule has 0 aliphatic carbocycles. The Balaban J connectivity index is 2.28. The lowest BCUT2D eigenvalue weighted by Gasteiger charge is -2.33. The average Bonchev–Trinajstić information content (AvgIpc) is 2.89. The van der Waals surface area contributed by atoms with Gasteiger partial charge < -0.3 is 14.8 Å². The number of carbonyl (C=O) groups excluding carboxylic acids is 3. The molecule has 10 heteroatoms. The Morgan fingerprint density at radius 3 is 2.25 bits per heavy atom. The third kappa shape index (κ3) is 6.80. The number of methoxy groups -OCH3 is 1. The monoisotopic (exact) mass is 549 g/mol. The number of nitrogens with one attached hydrogen (secondary N) is 1. The summed E-state index contributed by atoms with van der Waals surface area (Å²) in [6, 6.07) is 13.7. The zero-order valence-corrected chi connectivity index (χ0v) is 23.8. The zero-order valence-electron chi connectivity index (χ0n) is 23.8. The van der Waals surface area contributed by atoms with Crippen LogP contribution in [0.2, 0.25) is 0 Å². The van der Waals surface area contributed by atoms with Gasteiger partial charge in [0.15, 0.2) is 0 Å². The molecule has 1 heterocycles. The highest BCUT2D eigenvalue weighted by Gasteiger charge is 2.44. The molecule has 3 rings (SSSR count). The summed E-state index contributed by atoms with van der Waals surface area (Å²) >= 11 is 0. The highest BCUT2D eigenvalue weighted by atomic mass is 16.6. The lowest BCUT2D eigenvalue weighted by Crippen LogP contribution is -2.49. The maximum Gasteiger partial charge on any atom is 0.329 e. The highest BCUT2D eigenvalue weighted by molar-refractivity contribution is 6.13. The number of aliphatic imine (C=N–C) groups is 1. The van der Waals surface area contributed by atoms with Crippen LogP contribution < -0.4 is 5.32 Å². The van der Waals surface area contributed by atoms with Gasteiger partial charge in [-0.3, -0.25) is 24.7 Å². The second-order valence-corrected chi connectivity index (χ2v) is 10.9. The van der Waals surface area contributed by atoms with Gasteiger partial charge in [-0.2, -0.15) is 0 Å². The Morgan fingerprint density at radius 1 is 1.05 bits per heavy atom. The molecule has 0 aromatic heterocycles. The Bertz CT molecular complexity index is 1360. The third-order valence-corrected chi connectivity index (χ3v) is 6.44. The van der Waals surface area contributed by atoms with Crippen molar-refractivity contribution < 1.29 is 28.8 Å². The fraction of sp³-hybridized carbons (Fsp3) is 0.400. The minimum atomic E-state index is -1.04. The van der Waals surface area contributed by atoms with Crippen LogP contribution in [0, 0.1) is 22.0 Å². The molecule has 40 heavy (non-hydrogen) atoms. The summed E-state index contributed by atoms with van der Waals surface area (Å²) in [4.78, 5) is 56.2. The van der Waals surface area contributed by atoms with Crippen molar-refractivity contribution in [1.82, 2.24) is 5.32 Å². The van der Waals surface area contributed by atoms with Gasteiger partial charge in [0, 0.05) is 29.3 Å². The molecule has 0 saturated carbocycles. The molecular weight excluding hydrogens is 514 g/mol. The van der Waals surface area contributed by atoms with Crippen LogP contribution in [0.25, 0.3) is 5.70 Å². The van der Waals surface area contributed by atoms with E-state index >= 15 is 0 Å². The number of non-ortho nitro benzene ring substituents is 1. The van der Waals surface area contributed by atoms with Gasteiger partial charge in [-0.15, -0.1) is 0 Å². The SMILES string of the molecule is COC(=O)C1C(C)=NC(c2ccccc2)=C(C(=O)NC(C(=O)OC(C)(C)C)C(C)C)C1c1cccc([N+](=O)[O-])c1. The molecule has 2 aromatic rings. The molecular formula is C30H35N3O7. The molecule has 1 aliphatic heterocycles. The molecule has 1 N–H and O–H groups in total. The predicted molar refractivity (Wildman–Crippen MR) is 150 cm³/mol. The molecule has 0 bridgehead atoms. The molecule has 10 nitrogen and oxygen atoms in total. The van der Waals surface area contributed by atoms with Gasteiger partial charge in [0.05, 0.1) is 23.3 Å². The number of nitrogens with zero attached hydrogens (tertiary/aromatic N) is 2. The largest absolute Gasteiger partial charge is 0.468 e. The number of benzene rings is 2. The Hall–Kier alpha value is -4.34. The molecule has 0 radical (unpaired) electrons. The molecule has 0 fully saturated rings. The molecule has 3 atom stereocenters. The van der Waals surface area contributed by atoms with Crippen LogP contribution in [-0.2, 0) is 23.9 Å². The van der Waals surface area contributed by atoms with Gasteiger partial charge in [-0.05, 0) is 39.2 Å². The third-order valence-electron chi connectivity index (χ3n) is 6.44. The lowest BCUT2D eigenvalue weighted by atomic mass is 9.74. The molecule has 2 aromatic carbocycles. The van der Waals surface area contributed by atoms with Gasteiger partial charge in [-0.1, -0.05) is 56.3 Å². The smallest absolute Gasteiger partial charge is 0.329 e. The van der Waals surface area contributed by atoms with E-state index in [0.717, 1.165) is 0 Å². The maximum atomic E-state index is 14.2. The van der Waals surface area contributed by atoms with E-state index in [1.165, 1.54) is 25.3 Å². The van der Waals surface area contributed by atoms with Crippen LogP contribution in [0.1, 0.15) is 58.6 Å². The van der Waals surface area contributed by atoms with Crippen molar-refractivity contribution in [1.29, 1.82) is 0 Å². The quantitative estimate of drug-likeness (QED) is 0.283. The number of hydrogen-bond acceptors (Lipinski definition) is 8. The second-order valence-electron chi connectivity index (χ2n) is 10.9. The lowest BCUT2D eigenvalue weighted by molar-refractivity contribution is -0.384. The predicted octanol–water partition coefficient (Wildman–Crippen LogP) is 4.84. The molecule has 0 spiro atoms. The van der Waals surface area contributed by atoms with Gasteiger partial charge in [0.2, 0.25) is 0 Å². The van der Waals surface area contributed by atoms with E-state index in [0.29, 0.717) is 22.5 Å². The molecule has 3 unspecified atom stereocenters. The van der Waals surface area contributed by atoms with Crippen LogP contribution in [0.15, 0.2) is 65.2 Å². The van der Waals surface area contributed by atoms with Gasteiger partial charge >= 0.3 is 11.9 Å². The standard InChI is InChI=1S/C30H35N3O7/c1-17(2)25(29(36)40-30(4,5)6)32-27(34)24-23(20-14-11-15-21(16-20)33(37)38)22(28(35)39-7)18(3)31-26(24)19-12-9-8-10-13-19/h8-17,22-23,25H,1-7H3,(H,32,34). The number of carbonyl (C=O) groups is 3. The second kappa shape index (κ2) is 12.2. The van der Waals surface area contributed by atoms with Gasteiger partial charge in [0.1, 0.15) is 17.6 Å². The van der Waals surface area contributed by atoms with Crippen molar-refractivity contribution in [2.45, 2.75) is 59.1 Å². The summed E-state index contributed by atoms with van der Waals surface area (Å²) in [6.45, 7) is 10.4. The first-order valence-electron chi connectivity index (χ1n) is 13.0. The summed E-state index contributed by atoms with van der Waals surface area (Å²) < 4.78 is 10.7. The van der Waals surface area contributed by atoms with Crippen LogP contribution >= 0.6 is 0 Å². The minimum absolute atomic E-state index is 0.0851. The van der Waals surface area contributed by atoms with Crippen LogP contribution in [0.3, 0.4) is 0 Å². The molecule has 1 aliphatic rings. The molecule has 0 saturated heterocycles. The van der Waals surface area contributed by atoms with Crippen molar-refractivity contribution in [3.05, 3.63) is 81.4 Å². The van der Waals surface area contributed by atoms with Crippen molar-refractivity contribution in [3.63, 3.8) is 0 Å². The topological polar surface area (TPSA) is 137 Å². The minimum Gasteiger partial charge on any atom is -0.468 e. The Labute approximate surface area is 233 Å². The Morgan fingerprint density at radius 2 is 1.70 bits per heavy atom. The first-order chi connectivity index (χ1) is 18.7. The first-order valence-corrected chi connectivity index (χ1v) is 13.0.